The van der Waals surface area contributed by atoms with Crippen LogP contribution in [0.5, 0.6) is 5.75 Å². The molecule has 4 aromatic rings. The highest BCUT2D eigenvalue weighted by molar-refractivity contribution is 7.17. The first-order chi connectivity index (χ1) is 15.6. The minimum absolute atomic E-state index is 0.282. The molecule has 0 amide bonds. The van der Waals surface area contributed by atoms with Gasteiger partial charge in [-0.15, -0.1) is 11.3 Å². The number of piperazine rings is 1. The van der Waals surface area contributed by atoms with Crippen molar-refractivity contribution >= 4 is 56.3 Å². The molecule has 3 heterocycles. The zero-order valence-corrected chi connectivity index (χ0v) is 19.9. The lowest BCUT2D eigenvalue weighted by Gasteiger charge is -2.37. The van der Waals surface area contributed by atoms with E-state index in [1.165, 1.54) is 0 Å². The van der Waals surface area contributed by atoms with Crippen LogP contribution < -0.4 is 14.5 Å². The van der Waals surface area contributed by atoms with Crippen molar-refractivity contribution in [1.29, 1.82) is 0 Å². The number of rotatable bonds is 5. The molecule has 0 spiro atoms. The van der Waals surface area contributed by atoms with Crippen molar-refractivity contribution in [3.8, 4) is 16.9 Å². The molecule has 8 heteroatoms. The summed E-state index contributed by atoms with van der Waals surface area (Å²) in [5, 5.41) is 4.23. The van der Waals surface area contributed by atoms with Gasteiger partial charge in [0.15, 0.2) is 0 Å². The van der Waals surface area contributed by atoms with Crippen LogP contribution in [0, 0.1) is 0 Å². The zero-order chi connectivity index (χ0) is 22.1. The van der Waals surface area contributed by atoms with Gasteiger partial charge in [-0.3, -0.25) is 0 Å². The summed E-state index contributed by atoms with van der Waals surface area (Å²) in [6, 6.07) is 16.2. The van der Waals surface area contributed by atoms with Crippen LogP contribution in [0.3, 0.4) is 0 Å². The molecule has 1 aliphatic heterocycles. The largest absolute Gasteiger partial charge is 0.494 e. The highest BCUT2D eigenvalue weighted by Gasteiger charge is 2.24. The average molecular weight is 485 g/mol. The Morgan fingerprint density at radius 2 is 1.72 bits per heavy atom. The van der Waals surface area contributed by atoms with Crippen LogP contribution in [0.1, 0.15) is 6.92 Å². The van der Waals surface area contributed by atoms with E-state index in [0.29, 0.717) is 6.61 Å². The number of benzene rings is 2. The van der Waals surface area contributed by atoms with Gasteiger partial charge < -0.3 is 14.5 Å². The first-order valence-corrected chi connectivity index (χ1v) is 12.2. The van der Waals surface area contributed by atoms with Crippen molar-refractivity contribution in [1.82, 2.24) is 9.97 Å². The van der Waals surface area contributed by atoms with E-state index in [9.17, 15) is 0 Å². The smallest absolute Gasteiger partial charge is 0.225 e. The Morgan fingerprint density at radius 1 is 0.969 bits per heavy atom. The molecule has 1 fully saturated rings. The summed E-state index contributed by atoms with van der Waals surface area (Å²) in [5.74, 6) is 1.77. The van der Waals surface area contributed by atoms with Gasteiger partial charge in [0.1, 0.15) is 16.4 Å². The third kappa shape index (κ3) is 4.22. The molecule has 0 radical (unpaired) electrons. The Balaban J connectivity index is 1.46. The molecule has 5 rings (SSSR count). The molecule has 0 N–H and O–H groups in total. The first-order valence-electron chi connectivity index (χ1n) is 10.6. The maximum absolute atomic E-state index is 6.31. The molecule has 5 nitrogen and oxygen atoms in total. The van der Waals surface area contributed by atoms with E-state index in [1.54, 1.807) is 11.3 Å². The third-order valence-corrected chi connectivity index (χ3v) is 6.89. The molecule has 2 aromatic carbocycles. The molecule has 2 aromatic heterocycles. The number of fused-ring (bicyclic) bond motifs is 1. The van der Waals surface area contributed by atoms with Crippen molar-refractivity contribution in [2.24, 2.45) is 0 Å². The van der Waals surface area contributed by atoms with Gasteiger partial charge in [0.2, 0.25) is 5.28 Å². The Bertz CT molecular complexity index is 1240. The molecule has 0 aliphatic carbocycles. The van der Waals surface area contributed by atoms with E-state index < -0.39 is 0 Å². The number of nitrogens with zero attached hydrogens (tertiary/aromatic N) is 4. The number of hydrogen-bond acceptors (Lipinski definition) is 6. The van der Waals surface area contributed by atoms with Crippen LogP contribution >= 0.6 is 34.5 Å². The number of ether oxygens (including phenoxy) is 1. The maximum atomic E-state index is 6.31. The van der Waals surface area contributed by atoms with E-state index in [4.69, 9.17) is 27.9 Å². The minimum Gasteiger partial charge on any atom is -0.494 e. The topological polar surface area (TPSA) is 41.5 Å². The molecule has 0 bridgehead atoms. The van der Waals surface area contributed by atoms with E-state index in [2.05, 4.69) is 43.3 Å². The summed E-state index contributed by atoms with van der Waals surface area (Å²) >= 11 is 14.1. The summed E-state index contributed by atoms with van der Waals surface area (Å²) < 4.78 is 5.59. The normalized spacial score (nSPS) is 14.2. The van der Waals surface area contributed by atoms with Gasteiger partial charge in [-0.05, 0) is 54.4 Å². The molecule has 1 saturated heterocycles. The Kier molecular flexibility index (Phi) is 6.09. The lowest BCUT2D eigenvalue weighted by molar-refractivity contribution is 0.340. The lowest BCUT2D eigenvalue weighted by atomic mass is 10.1. The molecule has 0 unspecified atom stereocenters. The molecule has 164 valence electrons. The van der Waals surface area contributed by atoms with Crippen LogP contribution in [0.15, 0.2) is 53.9 Å². The number of hydrogen-bond donors (Lipinski definition) is 0. The monoisotopic (exact) mass is 484 g/mol. The van der Waals surface area contributed by atoms with Gasteiger partial charge in [0.05, 0.1) is 12.0 Å². The van der Waals surface area contributed by atoms with Gasteiger partial charge >= 0.3 is 0 Å². The lowest BCUT2D eigenvalue weighted by Crippen LogP contribution is -2.47. The number of thiophene rings is 1. The van der Waals surface area contributed by atoms with Crippen LogP contribution in [0.25, 0.3) is 21.3 Å². The standard InChI is InChI=1S/C24H22Cl2N4OS/c1-2-31-19-8-6-16(7-9-19)20-15-32-23-21(20)22(27-24(26)28-23)30-12-10-29(11-13-30)18-5-3-4-17(25)14-18/h3-9,14-15H,2,10-13H2,1H3. The maximum Gasteiger partial charge on any atom is 0.225 e. The van der Waals surface area contributed by atoms with Crippen molar-refractivity contribution in [3.05, 3.63) is 64.2 Å². The summed E-state index contributed by atoms with van der Waals surface area (Å²) in [6.45, 7) is 6.08. The van der Waals surface area contributed by atoms with Gasteiger partial charge in [-0.25, -0.2) is 4.98 Å². The SMILES string of the molecule is CCOc1ccc(-c2csc3nc(Cl)nc(N4CCN(c5cccc(Cl)c5)CC4)c23)cc1. The Hall–Kier alpha value is -2.54. The van der Waals surface area contributed by atoms with Crippen molar-refractivity contribution < 1.29 is 4.74 Å². The zero-order valence-electron chi connectivity index (χ0n) is 17.6. The second kappa shape index (κ2) is 9.14. The average Bonchev–Trinajstić information content (AvgIpc) is 3.23. The number of halogens is 2. The summed E-state index contributed by atoms with van der Waals surface area (Å²) in [5.41, 5.74) is 3.38. The van der Waals surface area contributed by atoms with Crippen molar-refractivity contribution in [3.63, 3.8) is 0 Å². The molecule has 0 saturated carbocycles. The van der Waals surface area contributed by atoms with Crippen LogP contribution in [0.4, 0.5) is 11.5 Å². The molecule has 1 aliphatic rings. The molecule has 0 atom stereocenters. The van der Waals surface area contributed by atoms with E-state index in [-0.39, 0.29) is 5.28 Å². The van der Waals surface area contributed by atoms with E-state index >= 15 is 0 Å². The van der Waals surface area contributed by atoms with Gasteiger partial charge in [0, 0.05) is 47.8 Å². The highest BCUT2D eigenvalue weighted by Crippen LogP contribution is 2.39. The Labute approximate surface area is 201 Å². The van der Waals surface area contributed by atoms with Crippen molar-refractivity contribution in [2.75, 3.05) is 42.6 Å². The van der Waals surface area contributed by atoms with Crippen molar-refractivity contribution in [2.45, 2.75) is 6.92 Å². The predicted octanol–water partition coefficient (Wildman–Crippen LogP) is 6.39. The predicted molar refractivity (Wildman–Crippen MR) is 135 cm³/mol. The Morgan fingerprint density at radius 3 is 2.44 bits per heavy atom. The summed E-state index contributed by atoms with van der Waals surface area (Å²) in [7, 11) is 0. The fraction of sp³-hybridized carbons (Fsp3) is 0.250. The van der Waals surface area contributed by atoms with Crippen LogP contribution in [0.2, 0.25) is 10.3 Å². The number of anilines is 2. The van der Waals surface area contributed by atoms with E-state index in [0.717, 1.165) is 69.8 Å². The van der Waals surface area contributed by atoms with E-state index in [1.807, 2.05) is 37.3 Å². The summed E-state index contributed by atoms with van der Waals surface area (Å²) in [6.07, 6.45) is 0. The van der Waals surface area contributed by atoms with Gasteiger partial charge in [-0.2, -0.15) is 4.98 Å². The number of aromatic nitrogens is 2. The molecule has 32 heavy (non-hydrogen) atoms. The fourth-order valence-electron chi connectivity index (χ4n) is 4.09. The van der Waals surface area contributed by atoms with Gasteiger partial charge in [0.25, 0.3) is 0 Å². The molecular formula is C24H22Cl2N4OS. The second-order valence-electron chi connectivity index (χ2n) is 7.56. The fourth-order valence-corrected chi connectivity index (χ4v) is 5.43. The second-order valence-corrected chi connectivity index (χ2v) is 9.19. The quantitative estimate of drug-likeness (QED) is 0.307. The third-order valence-electron chi connectivity index (χ3n) is 5.62. The van der Waals surface area contributed by atoms with Crippen LogP contribution in [-0.2, 0) is 0 Å². The first kappa shape index (κ1) is 21.3. The minimum atomic E-state index is 0.282. The summed E-state index contributed by atoms with van der Waals surface area (Å²) in [4.78, 5) is 14.7. The van der Waals surface area contributed by atoms with Gasteiger partial charge in [-0.1, -0.05) is 29.8 Å². The van der Waals surface area contributed by atoms with Crippen LogP contribution in [-0.4, -0.2) is 42.8 Å². The highest BCUT2D eigenvalue weighted by atomic mass is 35.5. The molecular weight excluding hydrogens is 463 g/mol.